The molecular formula is C19H19NS. The fraction of sp³-hybridized carbons (Fsp3) is 0.263. The summed E-state index contributed by atoms with van der Waals surface area (Å²) in [5.41, 5.74) is 2.93. The molecule has 4 aromatic rings. The Hall–Kier alpha value is -1.80. The molecular weight excluding hydrogens is 274 g/mol. The number of thiophene rings is 1. The average Bonchev–Trinajstić information content (AvgIpc) is 2.95. The third-order valence-electron chi connectivity index (χ3n) is 4.38. The van der Waals surface area contributed by atoms with Gasteiger partial charge in [0.05, 0.1) is 0 Å². The van der Waals surface area contributed by atoms with Crippen molar-refractivity contribution in [2.75, 3.05) is 0 Å². The fourth-order valence-corrected chi connectivity index (χ4v) is 4.37. The Balaban J connectivity index is 2.15. The molecule has 2 aromatic heterocycles. The molecule has 2 aromatic carbocycles. The van der Waals surface area contributed by atoms with E-state index in [1.807, 2.05) is 11.3 Å². The van der Waals surface area contributed by atoms with Crippen LogP contribution in [0.25, 0.3) is 31.2 Å². The van der Waals surface area contributed by atoms with Gasteiger partial charge in [0, 0.05) is 33.4 Å². The molecule has 0 saturated heterocycles. The highest BCUT2D eigenvalue weighted by molar-refractivity contribution is 7.25. The van der Waals surface area contributed by atoms with E-state index < -0.39 is 0 Å². The summed E-state index contributed by atoms with van der Waals surface area (Å²) in [5.74, 6) is 0. The molecule has 2 heterocycles. The first kappa shape index (κ1) is 12.9. The average molecular weight is 293 g/mol. The van der Waals surface area contributed by atoms with Crippen molar-refractivity contribution in [3.05, 3.63) is 48.0 Å². The maximum atomic E-state index is 2.37. The van der Waals surface area contributed by atoms with Crippen LogP contribution in [0.5, 0.6) is 0 Å². The van der Waals surface area contributed by atoms with Gasteiger partial charge in [-0.15, -0.1) is 11.3 Å². The summed E-state index contributed by atoms with van der Waals surface area (Å²) >= 11 is 1.91. The highest BCUT2D eigenvalue weighted by Crippen LogP contribution is 2.41. The van der Waals surface area contributed by atoms with E-state index in [1.54, 1.807) is 0 Å². The van der Waals surface area contributed by atoms with Gasteiger partial charge < -0.3 is 4.57 Å². The molecule has 0 fully saturated rings. The van der Waals surface area contributed by atoms with Crippen molar-refractivity contribution in [3.63, 3.8) is 0 Å². The minimum Gasteiger partial charge on any atom is -0.335 e. The maximum absolute atomic E-state index is 2.37. The van der Waals surface area contributed by atoms with Crippen molar-refractivity contribution in [2.45, 2.75) is 26.2 Å². The molecule has 0 bridgehead atoms. The Bertz CT molecular complexity index is 979. The highest BCUT2D eigenvalue weighted by Gasteiger charge is 2.18. The van der Waals surface area contributed by atoms with Gasteiger partial charge in [0.1, 0.15) is 4.83 Å². The molecule has 0 spiro atoms. The predicted molar refractivity (Wildman–Crippen MR) is 94.5 cm³/mol. The molecule has 0 N–H and O–H groups in total. The summed E-state index contributed by atoms with van der Waals surface area (Å²) in [7, 11) is 2.17. The first-order valence-corrected chi connectivity index (χ1v) is 8.18. The van der Waals surface area contributed by atoms with Crippen LogP contribution in [0.2, 0.25) is 0 Å². The summed E-state index contributed by atoms with van der Waals surface area (Å²) < 4.78 is 3.72. The minimum absolute atomic E-state index is 0.201. The van der Waals surface area contributed by atoms with Gasteiger partial charge in [0.2, 0.25) is 0 Å². The molecule has 0 unspecified atom stereocenters. The first-order valence-electron chi connectivity index (χ1n) is 7.37. The van der Waals surface area contributed by atoms with Crippen LogP contribution >= 0.6 is 11.3 Å². The Labute approximate surface area is 128 Å². The van der Waals surface area contributed by atoms with E-state index in [9.17, 15) is 0 Å². The van der Waals surface area contributed by atoms with Crippen LogP contribution < -0.4 is 0 Å². The van der Waals surface area contributed by atoms with Crippen molar-refractivity contribution >= 4 is 42.5 Å². The zero-order valence-corrected chi connectivity index (χ0v) is 13.7. The Morgan fingerprint density at radius 3 is 2.48 bits per heavy atom. The lowest BCUT2D eigenvalue weighted by molar-refractivity contribution is 0.591. The number of rotatable bonds is 0. The van der Waals surface area contributed by atoms with Crippen molar-refractivity contribution in [3.8, 4) is 0 Å². The summed E-state index contributed by atoms with van der Waals surface area (Å²) in [5, 5.41) is 4.16. The number of benzene rings is 2. The number of hydrogen-bond donors (Lipinski definition) is 0. The van der Waals surface area contributed by atoms with Gasteiger partial charge >= 0.3 is 0 Å². The van der Waals surface area contributed by atoms with Crippen molar-refractivity contribution in [1.82, 2.24) is 4.57 Å². The number of para-hydroxylation sites is 1. The molecule has 4 rings (SSSR count). The second-order valence-electron chi connectivity index (χ2n) is 6.82. The standard InChI is InChI=1S/C19H19NS/c1-19(2,3)12-9-10-14-16(11-12)21-18-17(14)13-7-5-6-8-15(13)20(18)4/h5-11H,1-4H3. The van der Waals surface area contributed by atoms with E-state index in [0.717, 1.165) is 0 Å². The third-order valence-corrected chi connectivity index (χ3v) is 5.61. The van der Waals surface area contributed by atoms with Crippen molar-refractivity contribution in [2.24, 2.45) is 7.05 Å². The lowest BCUT2D eigenvalue weighted by Gasteiger charge is -2.18. The quantitative estimate of drug-likeness (QED) is 0.383. The second-order valence-corrected chi connectivity index (χ2v) is 7.85. The molecule has 0 aliphatic carbocycles. The summed E-state index contributed by atoms with van der Waals surface area (Å²) in [6.45, 7) is 6.82. The lowest BCUT2D eigenvalue weighted by atomic mass is 9.87. The Morgan fingerprint density at radius 1 is 0.952 bits per heavy atom. The summed E-state index contributed by atoms with van der Waals surface area (Å²) in [4.78, 5) is 1.37. The highest BCUT2D eigenvalue weighted by atomic mass is 32.1. The molecule has 0 aliphatic heterocycles. The molecule has 2 heteroatoms. The van der Waals surface area contributed by atoms with E-state index in [-0.39, 0.29) is 5.41 Å². The molecule has 1 nitrogen and oxygen atoms in total. The van der Waals surface area contributed by atoms with Gasteiger partial charge in [-0.3, -0.25) is 0 Å². The SMILES string of the molecule is Cn1c2ccccc2c2c3ccc(C(C)(C)C)cc3sc21. The summed E-state index contributed by atoms with van der Waals surface area (Å²) in [6, 6.07) is 15.7. The van der Waals surface area contributed by atoms with E-state index in [2.05, 4.69) is 74.9 Å². The summed E-state index contributed by atoms with van der Waals surface area (Å²) in [6.07, 6.45) is 0. The number of aryl methyl sites for hydroxylation is 1. The van der Waals surface area contributed by atoms with Gasteiger partial charge in [-0.25, -0.2) is 0 Å². The normalized spacial score (nSPS) is 12.8. The van der Waals surface area contributed by atoms with Gasteiger partial charge in [-0.05, 0) is 23.1 Å². The molecule has 0 atom stereocenters. The Morgan fingerprint density at radius 2 is 1.71 bits per heavy atom. The molecule has 0 aliphatic rings. The van der Waals surface area contributed by atoms with E-state index in [0.29, 0.717) is 0 Å². The lowest BCUT2D eigenvalue weighted by Crippen LogP contribution is -2.10. The number of fused-ring (bicyclic) bond motifs is 5. The third kappa shape index (κ3) is 1.75. The molecule has 0 saturated carbocycles. The zero-order valence-electron chi connectivity index (χ0n) is 12.9. The molecule has 0 amide bonds. The topological polar surface area (TPSA) is 4.93 Å². The molecule has 21 heavy (non-hydrogen) atoms. The monoisotopic (exact) mass is 293 g/mol. The van der Waals surface area contributed by atoms with Gasteiger partial charge in [0.25, 0.3) is 0 Å². The molecule has 0 radical (unpaired) electrons. The van der Waals surface area contributed by atoms with Crippen LogP contribution in [-0.2, 0) is 12.5 Å². The van der Waals surface area contributed by atoms with E-state index in [4.69, 9.17) is 0 Å². The second kappa shape index (κ2) is 4.11. The fourth-order valence-electron chi connectivity index (χ4n) is 3.13. The van der Waals surface area contributed by atoms with E-state index in [1.165, 1.54) is 36.8 Å². The zero-order chi connectivity index (χ0) is 14.8. The van der Waals surface area contributed by atoms with Crippen LogP contribution in [-0.4, -0.2) is 4.57 Å². The van der Waals surface area contributed by atoms with Crippen LogP contribution in [0.1, 0.15) is 26.3 Å². The number of nitrogens with zero attached hydrogens (tertiary/aromatic N) is 1. The van der Waals surface area contributed by atoms with Crippen LogP contribution in [0.3, 0.4) is 0 Å². The van der Waals surface area contributed by atoms with Gasteiger partial charge in [-0.1, -0.05) is 51.1 Å². The Kier molecular flexibility index (Phi) is 2.52. The van der Waals surface area contributed by atoms with Gasteiger partial charge in [-0.2, -0.15) is 0 Å². The largest absolute Gasteiger partial charge is 0.335 e. The number of hydrogen-bond acceptors (Lipinski definition) is 1. The van der Waals surface area contributed by atoms with Crippen molar-refractivity contribution < 1.29 is 0 Å². The predicted octanol–water partition coefficient (Wildman–Crippen LogP) is 5.84. The van der Waals surface area contributed by atoms with Crippen molar-refractivity contribution in [1.29, 1.82) is 0 Å². The molecule has 106 valence electrons. The maximum Gasteiger partial charge on any atom is 0.104 e. The minimum atomic E-state index is 0.201. The first-order chi connectivity index (χ1) is 9.97. The smallest absolute Gasteiger partial charge is 0.104 e. The number of aromatic nitrogens is 1. The van der Waals surface area contributed by atoms with Crippen LogP contribution in [0, 0.1) is 0 Å². The van der Waals surface area contributed by atoms with Crippen LogP contribution in [0.4, 0.5) is 0 Å². The van der Waals surface area contributed by atoms with E-state index >= 15 is 0 Å². The van der Waals surface area contributed by atoms with Gasteiger partial charge in [0.15, 0.2) is 0 Å². The van der Waals surface area contributed by atoms with Crippen LogP contribution in [0.15, 0.2) is 42.5 Å².